The summed E-state index contributed by atoms with van der Waals surface area (Å²) < 4.78 is 2.16. The molecule has 0 aliphatic heterocycles. The third-order valence-electron chi connectivity index (χ3n) is 2.04. The fraction of sp³-hybridized carbons (Fsp3) is 0.111. The van der Waals surface area contributed by atoms with E-state index in [2.05, 4.69) is 21.0 Å². The third-order valence-corrected chi connectivity index (χ3v) is 2.53. The zero-order valence-corrected chi connectivity index (χ0v) is 9.08. The number of primary amides is 1. The lowest BCUT2D eigenvalue weighted by Crippen LogP contribution is -2.20. The molecule has 14 heavy (non-hydrogen) atoms. The number of amides is 1. The van der Waals surface area contributed by atoms with Crippen LogP contribution in [-0.2, 0) is 0 Å². The molecule has 1 aromatic carbocycles. The number of aromatic nitrogens is 2. The highest BCUT2D eigenvalue weighted by molar-refractivity contribution is 9.10. The smallest absolute Gasteiger partial charge is 0.340 e. The topological polar surface area (TPSA) is 60.9 Å². The van der Waals surface area contributed by atoms with Gasteiger partial charge in [0.15, 0.2) is 0 Å². The van der Waals surface area contributed by atoms with Gasteiger partial charge in [0.2, 0.25) is 0 Å². The van der Waals surface area contributed by atoms with Gasteiger partial charge in [-0.15, -0.1) is 0 Å². The van der Waals surface area contributed by atoms with Gasteiger partial charge in [-0.25, -0.2) is 4.79 Å². The molecule has 0 unspecified atom stereocenters. The minimum absolute atomic E-state index is 0.564. The average molecular weight is 254 g/mol. The van der Waals surface area contributed by atoms with Crippen LogP contribution in [0.2, 0.25) is 0 Å². The lowest BCUT2D eigenvalue weighted by molar-refractivity contribution is 0.248. The van der Waals surface area contributed by atoms with E-state index in [1.807, 2.05) is 25.1 Å². The lowest BCUT2D eigenvalue weighted by Gasteiger charge is -1.95. The molecular formula is C9H8BrN3O. The van der Waals surface area contributed by atoms with Gasteiger partial charge in [0, 0.05) is 9.86 Å². The van der Waals surface area contributed by atoms with E-state index in [9.17, 15) is 4.79 Å². The second kappa shape index (κ2) is 3.09. The van der Waals surface area contributed by atoms with E-state index >= 15 is 0 Å². The summed E-state index contributed by atoms with van der Waals surface area (Å²) in [5, 5.41) is 4.98. The summed E-state index contributed by atoms with van der Waals surface area (Å²) in [6.45, 7) is 1.84. The summed E-state index contributed by atoms with van der Waals surface area (Å²) in [5.74, 6) is 0. The first-order chi connectivity index (χ1) is 6.59. The molecule has 0 saturated heterocycles. The van der Waals surface area contributed by atoms with Crippen molar-refractivity contribution in [2.24, 2.45) is 5.73 Å². The van der Waals surface area contributed by atoms with Crippen molar-refractivity contribution in [2.45, 2.75) is 6.92 Å². The van der Waals surface area contributed by atoms with E-state index in [0.29, 0.717) is 0 Å². The van der Waals surface area contributed by atoms with Crippen molar-refractivity contribution in [1.29, 1.82) is 0 Å². The normalized spacial score (nSPS) is 10.7. The molecule has 0 radical (unpaired) electrons. The number of aryl methyl sites for hydroxylation is 1. The number of nitrogens with zero attached hydrogens (tertiary/aromatic N) is 2. The first-order valence-corrected chi connectivity index (χ1v) is 4.83. The predicted octanol–water partition coefficient (Wildman–Crippen LogP) is 2.03. The fourth-order valence-corrected chi connectivity index (χ4v) is 1.77. The first kappa shape index (κ1) is 9.21. The molecule has 2 aromatic rings. The van der Waals surface area contributed by atoms with Crippen molar-refractivity contribution in [3.63, 3.8) is 0 Å². The monoisotopic (exact) mass is 253 g/mol. The average Bonchev–Trinajstić information content (AvgIpc) is 2.44. The SMILES string of the molecule is Cc1nn(C(N)=O)c2ccc(Br)cc12. The number of fused-ring (bicyclic) bond motifs is 1. The maximum atomic E-state index is 11.0. The van der Waals surface area contributed by atoms with Gasteiger partial charge in [-0.05, 0) is 25.1 Å². The Morgan fingerprint density at radius 2 is 2.29 bits per heavy atom. The summed E-state index contributed by atoms with van der Waals surface area (Å²) in [6.07, 6.45) is 0. The largest absolute Gasteiger partial charge is 0.350 e. The maximum Gasteiger partial charge on any atom is 0.340 e. The zero-order chi connectivity index (χ0) is 10.3. The fourth-order valence-electron chi connectivity index (χ4n) is 1.41. The number of hydrogen-bond donors (Lipinski definition) is 1. The van der Waals surface area contributed by atoms with Crippen molar-refractivity contribution in [1.82, 2.24) is 9.78 Å². The Kier molecular flexibility index (Phi) is 2.03. The van der Waals surface area contributed by atoms with Gasteiger partial charge >= 0.3 is 6.03 Å². The molecule has 0 aliphatic rings. The van der Waals surface area contributed by atoms with Crippen molar-refractivity contribution < 1.29 is 4.79 Å². The van der Waals surface area contributed by atoms with Crippen molar-refractivity contribution >= 4 is 32.9 Å². The van der Waals surface area contributed by atoms with Crippen LogP contribution < -0.4 is 5.73 Å². The molecule has 2 N–H and O–H groups in total. The van der Waals surface area contributed by atoms with Gasteiger partial charge in [-0.2, -0.15) is 9.78 Å². The van der Waals surface area contributed by atoms with Crippen LogP contribution in [0.5, 0.6) is 0 Å². The molecule has 0 bridgehead atoms. The molecule has 0 aliphatic carbocycles. The molecule has 72 valence electrons. The highest BCUT2D eigenvalue weighted by Gasteiger charge is 2.10. The van der Waals surface area contributed by atoms with Crippen molar-refractivity contribution in [3.05, 3.63) is 28.4 Å². The number of hydrogen-bond acceptors (Lipinski definition) is 2. The molecular weight excluding hydrogens is 246 g/mol. The van der Waals surface area contributed by atoms with Crippen LogP contribution in [0.25, 0.3) is 10.9 Å². The molecule has 0 saturated carbocycles. The number of carbonyl (C=O) groups is 1. The minimum atomic E-state index is -0.564. The lowest BCUT2D eigenvalue weighted by atomic mass is 10.2. The Morgan fingerprint density at radius 3 is 2.93 bits per heavy atom. The number of benzene rings is 1. The Balaban J connectivity index is 2.84. The van der Waals surface area contributed by atoms with Gasteiger partial charge in [0.25, 0.3) is 0 Å². The highest BCUT2D eigenvalue weighted by atomic mass is 79.9. The standard InChI is InChI=1S/C9H8BrN3O/c1-5-7-4-6(10)2-3-8(7)13(12-5)9(11)14/h2-4H,1H3,(H2,11,14). The Morgan fingerprint density at radius 1 is 1.57 bits per heavy atom. The Hall–Kier alpha value is -1.36. The predicted molar refractivity (Wildman–Crippen MR) is 57.2 cm³/mol. The summed E-state index contributed by atoms with van der Waals surface area (Å²) in [5.41, 5.74) is 6.71. The van der Waals surface area contributed by atoms with E-state index in [0.717, 1.165) is 21.1 Å². The van der Waals surface area contributed by atoms with E-state index in [1.54, 1.807) is 0 Å². The van der Waals surface area contributed by atoms with Gasteiger partial charge in [-0.1, -0.05) is 15.9 Å². The number of halogens is 1. The van der Waals surface area contributed by atoms with E-state index in [-0.39, 0.29) is 0 Å². The second-order valence-electron chi connectivity index (χ2n) is 3.00. The van der Waals surface area contributed by atoms with Crippen LogP contribution in [0.3, 0.4) is 0 Å². The summed E-state index contributed by atoms with van der Waals surface area (Å²) >= 11 is 3.36. The second-order valence-corrected chi connectivity index (χ2v) is 3.91. The van der Waals surface area contributed by atoms with Gasteiger partial charge in [0.05, 0.1) is 11.2 Å². The molecule has 0 spiro atoms. The van der Waals surface area contributed by atoms with Crippen LogP contribution >= 0.6 is 15.9 Å². The van der Waals surface area contributed by atoms with E-state index < -0.39 is 6.03 Å². The zero-order valence-electron chi connectivity index (χ0n) is 7.49. The maximum absolute atomic E-state index is 11.0. The van der Waals surface area contributed by atoms with Crippen LogP contribution in [-0.4, -0.2) is 15.8 Å². The van der Waals surface area contributed by atoms with Gasteiger partial charge < -0.3 is 5.73 Å². The van der Waals surface area contributed by atoms with E-state index in [4.69, 9.17) is 5.73 Å². The van der Waals surface area contributed by atoms with Gasteiger partial charge in [-0.3, -0.25) is 0 Å². The molecule has 2 rings (SSSR count). The first-order valence-electron chi connectivity index (χ1n) is 4.04. The van der Waals surface area contributed by atoms with Crippen LogP contribution in [0, 0.1) is 6.92 Å². The van der Waals surface area contributed by atoms with Crippen molar-refractivity contribution in [2.75, 3.05) is 0 Å². The molecule has 1 amide bonds. The number of carbonyl (C=O) groups excluding carboxylic acids is 1. The molecule has 5 heteroatoms. The number of rotatable bonds is 0. The van der Waals surface area contributed by atoms with Gasteiger partial charge in [0.1, 0.15) is 0 Å². The molecule has 1 heterocycles. The number of nitrogens with two attached hydrogens (primary N) is 1. The van der Waals surface area contributed by atoms with Crippen LogP contribution in [0.1, 0.15) is 5.69 Å². The minimum Gasteiger partial charge on any atom is -0.350 e. The molecule has 0 fully saturated rings. The summed E-state index contributed by atoms with van der Waals surface area (Å²) in [6, 6.07) is 5.01. The van der Waals surface area contributed by atoms with Crippen LogP contribution in [0.4, 0.5) is 4.79 Å². The van der Waals surface area contributed by atoms with E-state index in [1.165, 1.54) is 4.68 Å². The Bertz CT molecular complexity index is 518. The summed E-state index contributed by atoms with van der Waals surface area (Å²) in [4.78, 5) is 11.0. The van der Waals surface area contributed by atoms with Crippen LogP contribution in [0.15, 0.2) is 22.7 Å². The molecule has 0 atom stereocenters. The molecule has 4 nitrogen and oxygen atoms in total. The Labute approximate surface area is 88.8 Å². The third kappa shape index (κ3) is 1.29. The molecule has 1 aromatic heterocycles. The summed E-state index contributed by atoms with van der Waals surface area (Å²) in [7, 11) is 0. The van der Waals surface area contributed by atoms with Crippen molar-refractivity contribution in [3.8, 4) is 0 Å². The quantitative estimate of drug-likeness (QED) is 0.781. The highest BCUT2D eigenvalue weighted by Crippen LogP contribution is 2.22.